The molecule has 0 spiro atoms. The van der Waals surface area contributed by atoms with Crippen molar-refractivity contribution < 1.29 is 0 Å². The van der Waals surface area contributed by atoms with Crippen molar-refractivity contribution in [1.82, 2.24) is 20.2 Å². The maximum absolute atomic E-state index is 4.03. The zero-order valence-electron chi connectivity index (χ0n) is 10.9. The van der Waals surface area contributed by atoms with Crippen LogP contribution >= 0.6 is 0 Å². The number of aromatic amines is 1. The highest BCUT2D eigenvalue weighted by atomic mass is 15.1. The van der Waals surface area contributed by atoms with E-state index in [-0.39, 0.29) is 0 Å². The fourth-order valence-electron chi connectivity index (χ4n) is 2.64. The van der Waals surface area contributed by atoms with Crippen LogP contribution < -0.4 is 5.32 Å². The molecule has 1 fully saturated rings. The molecule has 4 heteroatoms. The van der Waals surface area contributed by atoms with E-state index < -0.39 is 0 Å². The van der Waals surface area contributed by atoms with E-state index in [0.29, 0.717) is 6.04 Å². The molecule has 2 N–H and O–H groups in total. The molecular weight excluding hydrogens is 212 g/mol. The highest BCUT2D eigenvalue weighted by molar-refractivity contribution is 4.94. The highest BCUT2D eigenvalue weighted by Crippen LogP contribution is 2.18. The SMILES string of the molecule is CC(NCCc1cnc[nH]1)C1CCCN(C)C1. The van der Waals surface area contributed by atoms with Gasteiger partial charge in [-0.05, 0) is 39.3 Å². The van der Waals surface area contributed by atoms with Crippen LogP contribution in [-0.2, 0) is 6.42 Å². The summed E-state index contributed by atoms with van der Waals surface area (Å²) in [4.78, 5) is 9.61. The number of nitrogens with zero attached hydrogens (tertiary/aromatic N) is 2. The standard InChI is InChI=1S/C13H24N4/c1-11(12-4-3-7-17(2)9-12)15-6-5-13-8-14-10-16-13/h8,10-12,15H,3-7,9H2,1-2H3,(H,14,16). The minimum absolute atomic E-state index is 0.612. The first kappa shape index (κ1) is 12.6. The van der Waals surface area contributed by atoms with Crippen molar-refractivity contribution in [2.45, 2.75) is 32.2 Å². The van der Waals surface area contributed by atoms with Crippen LogP contribution in [0.1, 0.15) is 25.5 Å². The molecule has 1 aliphatic heterocycles. The number of likely N-dealkylation sites (tertiary alicyclic amines) is 1. The van der Waals surface area contributed by atoms with Gasteiger partial charge in [0.05, 0.1) is 6.33 Å². The Balaban J connectivity index is 1.68. The highest BCUT2D eigenvalue weighted by Gasteiger charge is 2.22. The van der Waals surface area contributed by atoms with Crippen LogP contribution in [0.2, 0.25) is 0 Å². The zero-order valence-corrected chi connectivity index (χ0v) is 10.9. The normalized spacial score (nSPS) is 23.8. The lowest BCUT2D eigenvalue weighted by Crippen LogP contribution is -2.43. The number of imidazole rings is 1. The smallest absolute Gasteiger partial charge is 0.0921 e. The third-order valence-corrected chi connectivity index (χ3v) is 3.78. The van der Waals surface area contributed by atoms with E-state index in [4.69, 9.17) is 0 Å². The summed E-state index contributed by atoms with van der Waals surface area (Å²) in [5.74, 6) is 0.801. The Labute approximate surface area is 104 Å². The van der Waals surface area contributed by atoms with Crippen molar-refractivity contribution in [3.05, 3.63) is 18.2 Å². The molecule has 2 unspecified atom stereocenters. The minimum Gasteiger partial charge on any atom is -0.348 e. The molecule has 2 atom stereocenters. The third-order valence-electron chi connectivity index (χ3n) is 3.78. The van der Waals surface area contributed by atoms with E-state index in [0.717, 1.165) is 18.9 Å². The molecule has 4 nitrogen and oxygen atoms in total. The van der Waals surface area contributed by atoms with Gasteiger partial charge in [-0.3, -0.25) is 0 Å². The van der Waals surface area contributed by atoms with Crippen LogP contribution in [0.5, 0.6) is 0 Å². The molecule has 0 amide bonds. The molecule has 1 aromatic heterocycles. The summed E-state index contributed by atoms with van der Waals surface area (Å²) in [5.41, 5.74) is 1.21. The number of H-pyrrole nitrogens is 1. The summed E-state index contributed by atoms with van der Waals surface area (Å²) in [6.07, 6.45) is 7.39. The second-order valence-corrected chi connectivity index (χ2v) is 5.23. The van der Waals surface area contributed by atoms with Crippen molar-refractivity contribution in [1.29, 1.82) is 0 Å². The number of nitrogens with one attached hydrogen (secondary N) is 2. The second-order valence-electron chi connectivity index (χ2n) is 5.23. The lowest BCUT2D eigenvalue weighted by atomic mass is 9.92. The summed E-state index contributed by atoms with van der Waals surface area (Å²) in [6.45, 7) is 5.84. The largest absolute Gasteiger partial charge is 0.348 e. The molecule has 0 aromatic carbocycles. The van der Waals surface area contributed by atoms with Gasteiger partial charge in [0.25, 0.3) is 0 Å². The van der Waals surface area contributed by atoms with E-state index in [1.807, 2.05) is 6.20 Å². The van der Waals surface area contributed by atoms with Crippen molar-refractivity contribution >= 4 is 0 Å². The summed E-state index contributed by atoms with van der Waals surface area (Å²) >= 11 is 0. The van der Waals surface area contributed by atoms with Gasteiger partial charge in [0.1, 0.15) is 0 Å². The van der Waals surface area contributed by atoms with Crippen molar-refractivity contribution in [2.75, 3.05) is 26.7 Å². The molecule has 96 valence electrons. The van der Waals surface area contributed by atoms with Crippen LogP contribution in [0.15, 0.2) is 12.5 Å². The zero-order chi connectivity index (χ0) is 12.1. The van der Waals surface area contributed by atoms with Gasteiger partial charge >= 0.3 is 0 Å². The maximum atomic E-state index is 4.03. The Morgan fingerprint density at radius 1 is 1.65 bits per heavy atom. The topological polar surface area (TPSA) is 44.0 Å². The van der Waals surface area contributed by atoms with Gasteiger partial charge in [-0.15, -0.1) is 0 Å². The third kappa shape index (κ3) is 3.82. The Hall–Kier alpha value is -0.870. The second kappa shape index (κ2) is 6.17. The average Bonchev–Trinajstić information content (AvgIpc) is 2.82. The van der Waals surface area contributed by atoms with Gasteiger partial charge in [0.15, 0.2) is 0 Å². The van der Waals surface area contributed by atoms with Crippen molar-refractivity contribution in [2.24, 2.45) is 5.92 Å². The van der Waals surface area contributed by atoms with Gasteiger partial charge in [0, 0.05) is 37.4 Å². The van der Waals surface area contributed by atoms with Crippen LogP contribution in [-0.4, -0.2) is 47.6 Å². The molecule has 0 saturated carbocycles. The molecule has 2 heterocycles. The monoisotopic (exact) mass is 236 g/mol. The van der Waals surface area contributed by atoms with Crippen molar-refractivity contribution in [3.63, 3.8) is 0 Å². The molecule has 1 aromatic rings. The number of piperidine rings is 1. The first-order valence-electron chi connectivity index (χ1n) is 6.65. The Kier molecular flexibility index (Phi) is 4.57. The molecule has 17 heavy (non-hydrogen) atoms. The van der Waals surface area contributed by atoms with E-state index in [1.165, 1.54) is 31.6 Å². The maximum Gasteiger partial charge on any atom is 0.0921 e. The van der Waals surface area contributed by atoms with E-state index in [9.17, 15) is 0 Å². The predicted octanol–water partition coefficient (Wildman–Crippen LogP) is 1.27. The first-order valence-corrected chi connectivity index (χ1v) is 6.65. The number of aromatic nitrogens is 2. The van der Waals surface area contributed by atoms with Gasteiger partial charge < -0.3 is 15.2 Å². The fraction of sp³-hybridized carbons (Fsp3) is 0.769. The molecule has 0 radical (unpaired) electrons. The molecule has 0 bridgehead atoms. The summed E-state index contributed by atoms with van der Waals surface area (Å²) in [6, 6.07) is 0.612. The Bertz CT molecular complexity index is 309. The lowest BCUT2D eigenvalue weighted by Gasteiger charge is -2.34. The summed E-state index contributed by atoms with van der Waals surface area (Å²) in [5, 5.41) is 3.64. The van der Waals surface area contributed by atoms with Crippen LogP contribution in [0.4, 0.5) is 0 Å². The molecule has 1 saturated heterocycles. The summed E-state index contributed by atoms with van der Waals surface area (Å²) < 4.78 is 0. The Morgan fingerprint density at radius 3 is 3.24 bits per heavy atom. The first-order chi connectivity index (χ1) is 8.25. The molecular formula is C13H24N4. The van der Waals surface area contributed by atoms with Gasteiger partial charge in [-0.1, -0.05) is 0 Å². The van der Waals surface area contributed by atoms with Gasteiger partial charge in [-0.25, -0.2) is 4.98 Å². The molecule has 2 rings (SSSR count). The van der Waals surface area contributed by atoms with Gasteiger partial charge in [0.2, 0.25) is 0 Å². The average molecular weight is 236 g/mol. The predicted molar refractivity (Wildman–Crippen MR) is 70.0 cm³/mol. The minimum atomic E-state index is 0.612. The lowest BCUT2D eigenvalue weighted by molar-refractivity contribution is 0.179. The molecule has 0 aliphatic carbocycles. The number of hydrogen-bond acceptors (Lipinski definition) is 3. The number of rotatable bonds is 5. The van der Waals surface area contributed by atoms with E-state index >= 15 is 0 Å². The number of hydrogen-bond donors (Lipinski definition) is 2. The van der Waals surface area contributed by atoms with Crippen LogP contribution in [0.25, 0.3) is 0 Å². The quantitative estimate of drug-likeness (QED) is 0.809. The van der Waals surface area contributed by atoms with Crippen molar-refractivity contribution in [3.8, 4) is 0 Å². The van der Waals surface area contributed by atoms with E-state index in [1.54, 1.807) is 6.33 Å². The van der Waals surface area contributed by atoms with Gasteiger partial charge in [-0.2, -0.15) is 0 Å². The fourth-order valence-corrected chi connectivity index (χ4v) is 2.64. The van der Waals surface area contributed by atoms with Crippen LogP contribution in [0.3, 0.4) is 0 Å². The molecule has 1 aliphatic rings. The Morgan fingerprint density at radius 2 is 2.53 bits per heavy atom. The summed E-state index contributed by atoms with van der Waals surface area (Å²) in [7, 11) is 2.23. The van der Waals surface area contributed by atoms with E-state index in [2.05, 4.69) is 34.2 Å². The van der Waals surface area contributed by atoms with Crippen LogP contribution in [0, 0.1) is 5.92 Å².